The largest absolute Gasteiger partial charge is 0.494 e. The molecular weight excluding hydrogens is 717 g/mol. The maximum absolute atomic E-state index is 12.9. The molecule has 5 aromatic carbocycles. The van der Waals surface area contributed by atoms with E-state index in [0.29, 0.717) is 47.2 Å². The molecule has 0 saturated heterocycles. The van der Waals surface area contributed by atoms with Gasteiger partial charge in [0.1, 0.15) is 28.7 Å². The molecule has 0 unspecified atom stereocenters. The molecule has 5 aromatic rings. The standard InChI is InChI=1S/C49H54O8/c1-3-5-7-8-9-10-11-12-13-14-35-54-42-24-20-38(21-25-42)47(50)56-45-28-22-39(23-29-45)48(51)55-44-26-18-37(19-27-44)40-16-15-17-41(36-40)49(52)57-46-32-30-43(31-33-46)53-34-6-4-2/h15-33,36H,3-14,34-35H2,1-2H3. The molecular formula is C49H54O8. The molecule has 0 aliphatic heterocycles. The highest BCUT2D eigenvalue weighted by atomic mass is 16.5. The van der Waals surface area contributed by atoms with Crippen LogP contribution in [0.4, 0.5) is 0 Å². The normalized spacial score (nSPS) is 10.8. The van der Waals surface area contributed by atoms with Gasteiger partial charge in [-0.05, 0) is 121 Å². The molecule has 0 saturated carbocycles. The van der Waals surface area contributed by atoms with Crippen LogP contribution in [0.5, 0.6) is 28.7 Å². The molecule has 0 N–H and O–H groups in total. The van der Waals surface area contributed by atoms with Crippen molar-refractivity contribution >= 4 is 17.9 Å². The third kappa shape index (κ3) is 14.3. The number of benzene rings is 5. The molecule has 0 aliphatic carbocycles. The summed E-state index contributed by atoms with van der Waals surface area (Å²) in [7, 11) is 0. The molecule has 0 aromatic heterocycles. The molecule has 0 fully saturated rings. The molecule has 8 heteroatoms. The molecule has 0 spiro atoms. The quantitative estimate of drug-likeness (QED) is 0.0368. The number of hydrogen-bond donors (Lipinski definition) is 0. The molecule has 0 atom stereocenters. The Kier molecular flexibility index (Phi) is 17.2. The summed E-state index contributed by atoms with van der Waals surface area (Å²) in [4.78, 5) is 38.6. The van der Waals surface area contributed by atoms with Gasteiger partial charge in [0.15, 0.2) is 0 Å². The van der Waals surface area contributed by atoms with E-state index in [2.05, 4.69) is 13.8 Å². The maximum atomic E-state index is 12.9. The fraction of sp³-hybridized carbons (Fsp3) is 0.327. The van der Waals surface area contributed by atoms with Crippen molar-refractivity contribution in [3.8, 4) is 39.9 Å². The van der Waals surface area contributed by atoms with Crippen molar-refractivity contribution in [2.45, 2.75) is 90.9 Å². The van der Waals surface area contributed by atoms with Crippen LogP contribution in [0.15, 0.2) is 121 Å². The van der Waals surface area contributed by atoms with Crippen LogP contribution in [0, 0.1) is 0 Å². The van der Waals surface area contributed by atoms with Crippen molar-refractivity contribution in [3.63, 3.8) is 0 Å². The lowest BCUT2D eigenvalue weighted by Crippen LogP contribution is -2.10. The minimum absolute atomic E-state index is 0.299. The molecule has 0 radical (unpaired) electrons. The maximum Gasteiger partial charge on any atom is 0.343 e. The second-order valence-corrected chi connectivity index (χ2v) is 14.0. The first-order valence-corrected chi connectivity index (χ1v) is 20.3. The summed E-state index contributed by atoms with van der Waals surface area (Å²) >= 11 is 0. The van der Waals surface area contributed by atoms with Crippen LogP contribution in [0.1, 0.15) is 122 Å². The number of hydrogen-bond acceptors (Lipinski definition) is 8. The van der Waals surface area contributed by atoms with E-state index < -0.39 is 17.9 Å². The first-order chi connectivity index (χ1) is 27.9. The van der Waals surface area contributed by atoms with E-state index in [4.69, 9.17) is 23.7 Å². The summed E-state index contributed by atoms with van der Waals surface area (Å²) in [6.45, 7) is 5.65. The zero-order valence-electron chi connectivity index (χ0n) is 33.2. The predicted octanol–water partition coefficient (Wildman–Crippen LogP) is 12.5. The second kappa shape index (κ2) is 23.2. The first-order valence-electron chi connectivity index (χ1n) is 20.3. The Morgan fingerprint density at radius 3 is 1.26 bits per heavy atom. The summed E-state index contributed by atoms with van der Waals surface area (Å²) in [5.41, 5.74) is 2.73. The molecule has 0 heterocycles. The third-order valence-electron chi connectivity index (χ3n) is 9.45. The van der Waals surface area contributed by atoms with E-state index in [0.717, 1.165) is 48.3 Å². The summed E-state index contributed by atoms with van der Waals surface area (Å²) in [5.74, 6) is 0.998. The lowest BCUT2D eigenvalue weighted by Gasteiger charge is -2.09. The van der Waals surface area contributed by atoms with Crippen LogP contribution in [-0.2, 0) is 0 Å². The SMILES string of the molecule is CCCCCCCCCCCCOc1ccc(C(=O)Oc2ccc(C(=O)Oc3ccc(-c4cccc(C(=O)Oc5ccc(OCCCC)cc5)c4)cc3)cc2)cc1. The van der Waals surface area contributed by atoms with Gasteiger partial charge in [-0.3, -0.25) is 0 Å². The number of rotatable bonds is 23. The van der Waals surface area contributed by atoms with Crippen molar-refractivity contribution < 1.29 is 38.1 Å². The molecule has 8 nitrogen and oxygen atoms in total. The molecule has 0 amide bonds. The Labute approximate surface area is 337 Å². The first kappa shape index (κ1) is 42.3. The molecule has 0 aliphatic rings. The number of unbranched alkanes of at least 4 members (excludes halogenated alkanes) is 10. The summed E-state index contributed by atoms with van der Waals surface area (Å²) < 4.78 is 28.2. The average molecular weight is 771 g/mol. The molecule has 5 rings (SSSR count). The second-order valence-electron chi connectivity index (χ2n) is 14.0. The third-order valence-corrected chi connectivity index (χ3v) is 9.45. The fourth-order valence-corrected chi connectivity index (χ4v) is 6.10. The number of carbonyl (C=O) groups excluding carboxylic acids is 3. The zero-order chi connectivity index (χ0) is 40.1. The van der Waals surface area contributed by atoms with E-state index in [1.54, 1.807) is 103 Å². The van der Waals surface area contributed by atoms with E-state index >= 15 is 0 Å². The van der Waals surface area contributed by atoms with Crippen LogP contribution in [0.2, 0.25) is 0 Å². The lowest BCUT2D eigenvalue weighted by atomic mass is 10.0. The Hall–Kier alpha value is -5.89. The number of carbonyl (C=O) groups is 3. The van der Waals surface area contributed by atoms with E-state index in [1.165, 1.54) is 51.4 Å². The smallest absolute Gasteiger partial charge is 0.343 e. The van der Waals surface area contributed by atoms with Gasteiger partial charge in [-0.15, -0.1) is 0 Å². The van der Waals surface area contributed by atoms with Crippen LogP contribution in [0.25, 0.3) is 11.1 Å². The van der Waals surface area contributed by atoms with Gasteiger partial charge in [-0.25, -0.2) is 14.4 Å². The highest BCUT2D eigenvalue weighted by molar-refractivity contribution is 5.93. The van der Waals surface area contributed by atoms with Gasteiger partial charge < -0.3 is 23.7 Å². The summed E-state index contributed by atoms with van der Waals surface area (Å²) in [6.07, 6.45) is 14.8. The van der Waals surface area contributed by atoms with Gasteiger partial charge in [0.25, 0.3) is 0 Å². The highest BCUT2D eigenvalue weighted by Crippen LogP contribution is 2.26. The van der Waals surface area contributed by atoms with E-state index in [1.807, 2.05) is 18.2 Å². The lowest BCUT2D eigenvalue weighted by molar-refractivity contribution is 0.0723. The average Bonchev–Trinajstić information content (AvgIpc) is 3.24. The Morgan fingerprint density at radius 1 is 0.368 bits per heavy atom. The van der Waals surface area contributed by atoms with Gasteiger partial charge in [0.05, 0.1) is 29.9 Å². The Bertz CT molecular complexity index is 1970. The van der Waals surface area contributed by atoms with Crippen LogP contribution >= 0.6 is 0 Å². The van der Waals surface area contributed by atoms with Crippen molar-refractivity contribution in [3.05, 3.63) is 138 Å². The number of esters is 3. The van der Waals surface area contributed by atoms with Gasteiger partial charge >= 0.3 is 17.9 Å². The molecule has 0 bridgehead atoms. The fourth-order valence-electron chi connectivity index (χ4n) is 6.10. The predicted molar refractivity (Wildman–Crippen MR) is 224 cm³/mol. The van der Waals surface area contributed by atoms with Crippen molar-refractivity contribution in [2.75, 3.05) is 13.2 Å². The molecule has 298 valence electrons. The number of ether oxygens (including phenoxy) is 5. The topological polar surface area (TPSA) is 97.4 Å². The van der Waals surface area contributed by atoms with Gasteiger partial charge in [0, 0.05) is 0 Å². The van der Waals surface area contributed by atoms with Crippen molar-refractivity contribution in [1.29, 1.82) is 0 Å². The summed E-state index contributed by atoms with van der Waals surface area (Å²) in [6, 6.07) is 34.2. The minimum Gasteiger partial charge on any atom is -0.494 e. The van der Waals surface area contributed by atoms with Crippen LogP contribution in [0.3, 0.4) is 0 Å². The van der Waals surface area contributed by atoms with Crippen LogP contribution < -0.4 is 23.7 Å². The van der Waals surface area contributed by atoms with Gasteiger partial charge in [0.2, 0.25) is 0 Å². The molecule has 57 heavy (non-hydrogen) atoms. The van der Waals surface area contributed by atoms with Crippen molar-refractivity contribution in [1.82, 2.24) is 0 Å². The van der Waals surface area contributed by atoms with Crippen LogP contribution in [-0.4, -0.2) is 31.1 Å². The summed E-state index contributed by atoms with van der Waals surface area (Å²) in [5, 5.41) is 0. The van der Waals surface area contributed by atoms with Crippen molar-refractivity contribution in [2.24, 2.45) is 0 Å². The Balaban J connectivity index is 1.03. The van der Waals surface area contributed by atoms with E-state index in [9.17, 15) is 14.4 Å². The highest BCUT2D eigenvalue weighted by Gasteiger charge is 2.14. The van der Waals surface area contributed by atoms with Gasteiger partial charge in [-0.2, -0.15) is 0 Å². The Morgan fingerprint density at radius 2 is 0.754 bits per heavy atom. The van der Waals surface area contributed by atoms with Gasteiger partial charge in [-0.1, -0.05) is 102 Å². The monoisotopic (exact) mass is 770 g/mol. The minimum atomic E-state index is -0.556. The van der Waals surface area contributed by atoms with E-state index in [-0.39, 0.29) is 0 Å². The zero-order valence-corrected chi connectivity index (χ0v) is 33.2.